The monoisotopic (exact) mass is 633 g/mol. The van der Waals surface area contributed by atoms with Crippen molar-refractivity contribution in [3.8, 4) is 5.75 Å². The van der Waals surface area contributed by atoms with Crippen LogP contribution in [0.15, 0.2) is 41.4 Å². The van der Waals surface area contributed by atoms with Crippen LogP contribution in [0.4, 0.5) is 17.6 Å². The van der Waals surface area contributed by atoms with Crippen molar-refractivity contribution in [3.63, 3.8) is 0 Å². The van der Waals surface area contributed by atoms with Crippen LogP contribution < -0.4 is 4.74 Å². The molecule has 0 aliphatic carbocycles. The summed E-state index contributed by atoms with van der Waals surface area (Å²) in [4.78, 5) is 4.65. The number of halogens is 5. The normalized spacial score (nSPS) is 18.1. The quantitative estimate of drug-likeness (QED) is 0.140. The van der Waals surface area contributed by atoms with E-state index in [0.29, 0.717) is 30.7 Å². The Morgan fingerprint density at radius 2 is 1.62 bits per heavy atom. The molecule has 1 aliphatic rings. The maximum atomic E-state index is 14.0. The molecule has 0 N–H and O–H groups in total. The van der Waals surface area contributed by atoms with Crippen LogP contribution in [-0.2, 0) is 32.8 Å². The van der Waals surface area contributed by atoms with E-state index in [9.17, 15) is 22.1 Å². The predicted octanol–water partition coefficient (Wildman–Crippen LogP) is 9.52. The first-order chi connectivity index (χ1) is 19.3. The van der Waals surface area contributed by atoms with Gasteiger partial charge in [-0.05, 0) is 61.1 Å². The molecule has 0 fully saturated rings. The minimum Gasteiger partial charge on any atom is -0.493 e. The van der Waals surface area contributed by atoms with E-state index in [1.54, 1.807) is 19.1 Å². The number of nitrogens with zero attached hydrogens (tertiary/aromatic N) is 1. The standard InChI is InChI=1S/C31H41ClF4NO4P/c1-21-37-30(19-40-21,20-41-42(38,28(2,3)4)29(5,6)7)15-14-23-11-13-27(24(17-23)31(34,35)36)39-16-8-9-22-10-12-26(33)25(32)18-22/h10-13,17-18H,8-9,14-16,19-20H2,1-7H3. The Morgan fingerprint density at radius 1 is 1.00 bits per heavy atom. The first kappa shape index (κ1) is 34.4. The number of benzene rings is 2. The predicted molar refractivity (Wildman–Crippen MR) is 160 cm³/mol. The van der Waals surface area contributed by atoms with Gasteiger partial charge in [0.15, 0.2) is 5.90 Å². The molecule has 0 saturated heterocycles. The van der Waals surface area contributed by atoms with E-state index in [-0.39, 0.29) is 37.0 Å². The summed E-state index contributed by atoms with van der Waals surface area (Å²) in [5.41, 5.74) is -0.496. The molecule has 2 aromatic carbocycles. The average molecular weight is 634 g/mol. The molecule has 1 aliphatic heterocycles. The largest absolute Gasteiger partial charge is 0.493 e. The zero-order chi connectivity index (χ0) is 31.6. The van der Waals surface area contributed by atoms with E-state index in [1.165, 1.54) is 18.2 Å². The maximum absolute atomic E-state index is 14.0. The lowest BCUT2D eigenvalue weighted by molar-refractivity contribution is -0.139. The minimum atomic E-state index is -4.62. The highest BCUT2D eigenvalue weighted by molar-refractivity contribution is 7.62. The topological polar surface area (TPSA) is 57.1 Å². The minimum absolute atomic E-state index is 0.000795. The second kappa shape index (κ2) is 12.9. The number of alkyl halides is 3. The van der Waals surface area contributed by atoms with Crippen LogP contribution in [0, 0.1) is 5.82 Å². The Balaban J connectivity index is 1.72. The van der Waals surface area contributed by atoms with E-state index < -0.39 is 40.8 Å². The Morgan fingerprint density at radius 3 is 2.17 bits per heavy atom. The second-order valence-corrected chi connectivity index (χ2v) is 17.3. The van der Waals surface area contributed by atoms with Gasteiger partial charge in [-0.2, -0.15) is 13.2 Å². The van der Waals surface area contributed by atoms with Gasteiger partial charge in [0.2, 0.25) is 7.37 Å². The van der Waals surface area contributed by atoms with Gasteiger partial charge in [0.05, 0.1) is 23.8 Å². The Labute approximate surface area is 251 Å². The van der Waals surface area contributed by atoms with E-state index in [2.05, 4.69) is 4.99 Å². The van der Waals surface area contributed by atoms with Gasteiger partial charge in [-0.1, -0.05) is 65.3 Å². The molecule has 42 heavy (non-hydrogen) atoms. The SMILES string of the molecule is CC1=NC(CCc2ccc(OCCCc3ccc(F)c(Cl)c3)c(C(F)(F)F)c2)(COP(=O)(C(C)(C)C)C(C)(C)C)CO1. The van der Waals surface area contributed by atoms with Gasteiger partial charge in [0.25, 0.3) is 0 Å². The molecule has 2 aromatic rings. The van der Waals surface area contributed by atoms with Gasteiger partial charge < -0.3 is 14.0 Å². The Bertz CT molecular complexity index is 1320. The maximum Gasteiger partial charge on any atom is 0.419 e. The van der Waals surface area contributed by atoms with E-state index in [4.69, 9.17) is 25.6 Å². The number of rotatable bonds is 11. The molecule has 0 bridgehead atoms. The summed E-state index contributed by atoms with van der Waals surface area (Å²) >= 11 is 5.80. The van der Waals surface area contributed by atoms with E-state index >= 15 is 0 Å². The number of hydrogen-bond acceptors (Lipinski definition) is 5. The fourth-order valence-electron chi connectivity index (χ4n) is 5.13. The summed E-state index contributed by atoms with van der Waals surface area (Å²) in [5, 5.41) is -1.23. The number of ether oxygens (including phenoxy) is 2. The summed E-state index contributed by atoms with van der Waals surface area (Å²) in [7, 11) is -3.19. The molecule has 0 spiro atoms. The lowest BCUT2D eigenvalue weighted by atomic mass is 9.93. The Kier molecular flexibility index (Phi) is 10.5. The molecular formula is C31H41ClF4NO4P. The Hall–Kier alpha value is -2.09. The van der Waals surface area contributed by atoms with Crippen molar-refractivity contribution in [1.82, 2.24) is 0 Å². The summed E-state index contributed by atoms with van der Waals surface area (Å²) in [6, 6.07) is 8.39. The third-order valence-corrected chi connectivity index (χ3v) is 11.6. The smallest absolute Gasteiger partial charge is 0.419 e. The molecule has 5 nitrogen and oxygen atoms in total. The van der Waals surface area contributed by atoms with Crippen molar-refractivity contribution >= 4 is 24.9 Å². The number of aliphatic imine (C=N–C) groups is 1. The van der Waals surface area contributed by atoms with Crippen molar-refractivity contribution in [2.45, 2.75) is 96.2 Å². The molecule has 234 valence electrons. The van der Waals surface area contributed by atoms with Crippen molar-refractivity contribution in [2.75, 3.05) is 19.8 Å². The summed E-state index contributed by atoms with van der Waals surface area (Å²) < 4.78 is 86.8. The molecular weight excluding hydrogens is 593 g/mol. The zero-order valence-corrected chi connectivity index (χ0v) is 27.0. The van der Waals surface area contributed by atoms with Gasteiger partial charge in [-0.15, -0.1) is 0 Å². The van der Waals surface area contributed by atoms with Crippen molar-refractivity contribution in [2.24, 2.45) is 4.99 Å². The van der Waals surface area contributed by atoms with Gasteiger partial charge >= 0.3 is 6.18 Å². The highest BCUT2D eigenvalue weighted by Gasteiger charge is 2.50. The van der Waals surface area contributed by atoms with Gasteiger partial charge in [0, 0.05) is 17.2 Å². The third kappa shape index (κ3) is 8.29. The van der Waals surface area contributed by atoms with Gasteiger partial charge in [0.1, 0.15) is 23.7 Å². The van der Waals surface area contributed by atoms with E-state index in [1.807, 2.05) is 41.5 Å². The van der Waals surface area contributed by atoms with Gasteiger partial charge in [-0.25, -0.2) is 9.38 Å². The average Bonchev–Trinajstić information content (AvgIpc) is 3.25. The van der Waals surface area contributed by atoms with Crippen LogP contribution in [0.5, 0.6) is 5.75 Å². The summed E-state index contributed by atoms with van der Waals surface area (Å²) in [6.07, 6.45) is -3.10. The molecule has 1 heterocycles. The van der Waals surface area contributed by atoms with Crippen molar-refractivity contribution in [3.05, 3.63) is 63.9 Å². The molecule has 0 radical (unpaired) electrons. The first-order valence-electron chi connectivity index (χ1n) is 14.0. The molecule has 11 heteroatoms. The highest BCUT2D eigenvalue weighted by Crippen LogP contribution is 2.67. The van der Waals surface area contributed by atoms with Crippen LogP contribution in [-0.4, -0.2) is 41.6 Å². The lowest BCUT2D eigenvalue weighted by Crippen LogP contribution is -2.38. The van der Waals surface area contributed by atoms with Crippen molar-refractivity contribution in [1.29, 1.82) is 0 Å². The molecule has 1 unspecified atom stereocenters. The second-order valence-electron chi connectivity index (χ2n) is 12.8. The summed E-state index contributed by atoms with van der Waals surface area (Å²) in [6.45, 7) is 13.3. The fraction of sp³-hybridized carbons (Fsp3) is 0.581. The van der Waals surface area contributed by atoms with Crippen LogP contribution in [0.25, 0.3) is 0 Å². The summed E-state index contributed by atoms with van der Waals surface area (Å²) in [5.74, 6) is -0.319. The highest BCUT2D eigenvalue weighted by atomic mass is 35.5. The molecule has 3 rings (SSSR count). The van der Waals surface area contributed by atoms with Crippen LogP contribution in [0.3, 0.4) is 0 Å². The number of hydrogen-bond donors (Lipinski definition) is 0. The van der Waals surface area contributed by atoms with Crippen LogP contribution >= 0.6 is 19.0 Å². The lowest BCUT2D eigenvalue weighted by Gasteiger charge is -2.41. The first-order valence-corrected chi connectivity index (χ1v) is 16.0. The zero-order valence-electron chi connectivity index (χ0n) is 25.3. The van der Waals surface area contributed by atoms with Crippen LogP contribution in [0.2, 0.25) is 5.02 Å². The fourth-order valence-corrected chi connectivity index (χ4v) is 8.54. The number of aryl methyl sites for hydroxylation is 2. The van der Waals surface area contributed by atoms with Crippen LogP contribution in [0.1, 0.15) is 78.0 Å². The molecule has 1 atom stereocenters. The van der Waals surface area contributed by atoms with Gasteiger partial charge in [-0.3, -0.25) is 4.57 Å². The third-order valence-electron chi connectivity index (χ3n) is 7.31. The molecule has 0 aromatic heterocycles. The van der Waals surface area contributed by atoms with Crippen molar-refractivity contribution < 1.29 is 36.1 Å². The molecule has 0 saturated carbocycles. The van der Waals surface area contributed by atoms with E-state index in [0.717, 1.165) is 11.6 Å². The molecule has 0 amide bonds.